The molecule has 0 saturated carbocycles. The molecule has 108 valence electrons. The third-order valence-electron chi connectivity index (χ3n) is 2.52. The van der Waals surface area contributed by atoms with Crippen LogP contribution in [-0.2, 0) is 4.79 Å². The van der Waals surface area contributed by atoms with Gasteiger partial charge in [0.05, 0.1) is 6.10 Å². The van der Waals surface area contributed by atoms with Crippen molar-refractivity contribution < 1.29 is 19.8 Å². The van der Waals surface area contributed by atoms with Crippen molar-refractivity contribution in [2.45, 2.75) is 19.4 Å². The highest BCUT2D eigenvalue weighted by atomic mass is 16.3. The minimum absolute atomic E-state index is 0.0388. The fourth-order valence-corrected chi connectivity index (χ4v) is 1.39. The molecule has 1 rings (SSSR count). The first kappa shape index (κ1) is 15.7. The molecule has 1 atom stereocenters. The number of phenolic OH excluding ortho intramolecular Hbond substituents is 1. The van der Waals surface area contributed by atoms with Gasteiger partial charge in [-0.05, 0) is 36.8 Å². The first-order valence-electron chi connectivity index (χ1n) is 6.09. The van der Waals surface area contributed by atoms with Crippen LogP contribution in [0.5, 0.6) is 5.75 Å². The molecule has 20 heavy (non-hydrogen) atoms. The van der Waals surface area contributed by atoms with Gasteiger partial charge in [0.15, 0.2) is 5.78 Å². The third kappa shape index (κ3) is 5.53. The number of benzene rings is 1. The van der Waals surface area contributed by atoms with Crippen LogP contribution in [0.4, 0.5) is 10.5 Å². The van der Waals surface area contributed by atoms with Gasteiger partial charge >= 0.3 is 6.03 Å². The lowest BCUT2D eigenvalue weighted by Crippen LogP contribution is -2.36. The molecular formula is C14H18N2O4. The van der Waals surface area contributed by atoms with E-state index in [1.165, 1.54) is 24.3 Å². The average Bonchev–Trinajstić information content (AvgIpc) is 2.39. The number of carbonyl (C=O) groups is 2. The standard InChI is InChI=1S/C14H18N2O4/c1-9(2)13(19)7-12(18)8-15-14(20)16-10-3-5-11(17)6-4-10/h3-6,12,17-18H,1,7-8H2,2H3,(H2,15,16,20). The molecule has 6 heteroatoms. The zero-order valence-corrected chi connectivity index (χ0v) is 11.2. The fourth-order valence-electron chi connectivity index (χ4n) is 1.39. The van der Waals surface area contributed by atoms with Gasteiger partial charge in [0.25, 0.3) is 0 Å². The third-order valence-corrected chi connectivity index (χ3v) is 2.52. The number of aliphatic hydroxyl groups excluding tert-OH is 1. The Labute approximate surface area is 117 Å². The average molecular weight is 278 g/mol. The lowest BCUT2D eigenvalue weighted by atomic mass is 10.1. The Morgan fingerprint density at radius 1 is 1.30 bits per heavy atom. The van der Waals surface area contributed by atoms with Gasteiger partial charge in [0.2, 0.25) is 0 Å². The van der Waals surface area contributed by atoms with Crippen LogP contribution >= 0.6 is 0 Å². The Kier molecular flexibility index (Phi) is 5.74. The summed E-state index contributed by atoms with van der Waals surface area (Å²) in [5, 5.41) is 23.6. The zero-order chi connectivity index (χ0) is 15.1. The molecule has 0 fully saturated rings. The monoisotopic (exact) mass is 278 g/mol. The lowest BCUT2D eigenvalue weighted by molar-refractivity contribution is -0.117. The summed E-state index contributed by atoms with van der Waals surface area (Å²) in [7, 11) is 0. The van der Waals surface area contributed by atoms with Crippen molar-refractivity contribution in [3.63, 3.8) is 0 Å². The number of phenols is 1. The molecular weight excluding hydrogens is 260 g/mol. The molecule has 0 bridgehead atoms. The summed E-state index contributed by atoms with van der Waals surface area (Å²) in [6.45, 7) is 5.02. The molecule has 0 aliphatic rings. The Hall–Kier alpha value is -2.34. The SMILES string of the molecule is C=C(C)C(=O)CC(O)CNC(=O)Nc1ccc(O)cc1. The van der Waals surface area contributed by atoms with Gasteiger partial charge in [-0.1, -0.05) is 6.58 Å². The molecule has 0 aliphatic heterocycles. The number of amides is 2. The Balaban J connectivity index is 2.34. The van der Waals surface area contributed by atoms with E-state index in [4.69, 9.17) is 5.11 Å². The van der Waals surface area contributed by atoms with Gasteiger partial charge in [-0.25, -0.2) is 4.79 Å². The number of Topliss-reactive ketones (excluding diaryl/α,β-unsaturated/α-hetero) is 1. The van der Waals surface area contributed by atoms with E-state index < -0.39 is 12.1 Å². The highest BCUT2D eigenvalue weighted by Gasteiger charge is 2.12. The van der Waals surface area contributed by atoms with Crippen molar-refractivity contribution in [1.29, 1.82) is 0 Å². The van der Waals surface area contributed by atoms with Crippen molar-refractivity contribution in [2.24, 2.45) is 0 Å². The topological polar surface area (TPSA) is 98.7 Å². The van der Waals surface area contributed by atoms with E-state index in [0.29, 0.717) is 11.3 Å². The van der Waals surface area contributed by atoms with Gasteiger partial charge in [0.1, 0.15) is 5.75 Å². The molecule has 4 N–H and O–H groups in total. The van der Waals surface area contributed by atoms with E-state index in [0.717, 1.165) is 0 Å². The highest BCUT2D eigenvalue weighted by molar-refractivity contribution is 5.94. The molecule has 0 saturated heterocycles. The number of anilines is 1. The molecule has 0 aromatic heterocycles. The maximum Gasteiger partial charge on any atom is 0.319 e. The number of rotatable bonds is 6. The predicted molar refractivity (Wildman–Crippen MR) is 75.6 cm³/mol. The number of carbonyl (C=O) groups excluding carboxylic acids is 2. The molecule has 6 nitrogen and oxygen atoms in total. The summed E-state index contributed by atoms with van der Waals surface area (Å²) in [6, 6.07) is 5.45. The van der Waals surface area contributed by atoms with Crippen molar-refractivity contribution in [3.05, 3.63) is 36.4 Å². The van der Waals surface area contributed by atoms with E-state index in [-0.39, 0.29) is 24.5 Å². The van der Waals surface area contributed by atoms with Crippen LogP contribution in [0.2, 0.25) is 0 Å². The second-order valence-electron chi connectivity index (χ2n) is 4.44. The summed E-state index contributed by atoms with van der Waals surface area (Å²) < 4.78 is 0. The number of nitrogens with one attached hydrogen (secondary N) is 2. The van der Waals surface area contributed by atoms with Gasteiger partial charge < -0.3 is 20.8 Å². The Morgan fingerprint density at radius 2 is 1.90 bits per heavy atom. The Morgan fingerprint density at radius 3 is 2.45 bits per heavy atom. The molecule has 2 amide bonds. The molecule has 1 unspecified atom stereocenters. The molecule has 0 radical (unpaired) electrons. The van der Waals surface area contributed by atoms with Gasteiger partial charge in [0, 0.05) is 18.7 Å². The van der Waals surface area contributed by atoms with Crippen LogP contribution in [0.1, 0.15) is 13.3 Å². The summed E-state index contributed by atoms with van der Waals surface area (Å²) >= 11 is 0. The molecule has 0 aliphatic carbocycles. The van der Waals surface area contributed by atoms with Gasteiger partial charge in [-0.3, -0.25) is 4.79 Å². The van der Waals surface area contributed by atoms with E-state index in [9.17, 15) is 14.7 Å². The maximum absolute atomic E-state index is 11.5. The van der Waals surface area contributed by atoms with Crippen LogP contribution in [0.3, 0.4) is 0 Å². The normalized spacial score (nSPS) is 11.5. The quantitative estimate of drug-likeness (QED) is 0.467. The molecule has 0 spiro atoms. The highest BCUT2D eigenvalue weighted by Crippen LogP contribution is 2.13. The predicted octanol–water partition coefficient (Wildman–Crippen LogP) is 1.41. The molecule has 0 heterocycles. The van der Waals surface area contributed by atoms with Crippen molar-refractivity contribution in [1.82, 2.24) is 5.32 Å². The van der Waals surface area contributed by atoms with E-state index in [1.807, 2.05) is 0 Å². The van der Waals surface area contributed by atoms with E-state index >= 15 is 0 Å². The van der Waals surface area contributed by atoms with Crippen molar-refractivity contribution >= 4 is 17.5 Å². The summed E-state index contributed by atoms with van der Waals surface area (Å²) in [5.74, 6) is -0.136. The molecule has 1 aromatic carbocycles. The largest absolute Gasteiger partial charge is 0.508 e. The minimum atomic E-state index is -0.954. The van der Waals surface area contributed by atoms with Crippen LogP contribution in [0, 0.1) is 0 Å². The van der Waals surface area contributed by atoms with Crippen LogP contribution in [0.25, 0.3) is 0 Å². The van der Waals surface area contributed by atoms with Gasteiger partial charge in [-0.2, -0.15) is 0 Å². The van der Waals surface area contributed by atoms with Crippen molar-refractivity contribution in [2.75, 3.05) is 11.9 Å². The van der Waals surface area contributed by atoms with Crippen molar-refractivity contribution in [3.8, 4) is 5.75 Å². The number of aromatic hydroxyl groups is 1. The summed E-state index contributed by atoms with van der Waals surface area (Å²) in [5.41, 5.74) is 0.880. The first-order valence-corrected chi connectivity index (χ1v) is 6.09. The minimum Gasteiger partial charge on any atom is -0.508 e. The number of hydrogen-bond acceptors (Lipinski definition) is 4. The molecule has 1 aromatic rings. The smallest absolute Gasteiger partial charge is 0.319 e. The van der Waals surface area contributed by atoms with Crippen LogP contribution in [-0.4, -0.2) is 34.7 Å². The first-order chi connectivity index (χ1) is 9.38. The number of urea groups is 1. The lowest BCUT2D eigenvalue weighted by Gasteiger charge is -2.12. The second kappa shape index (κ2) is 7.30. The van der Waals surface area contributed by atoms with Crippen LogP contribution < -0.4 is 10.6 Å². The van der Waals surface area contributed by atoms with E-state index in [2.05, 4.69) is 17.2 Å². The maximum atomic E-state index is 11.5. The zero-order valence-electron chi connectivity index (χ0n) is 11.2. The fraction of sp³-hybridized carbons (Fsp3) is 0.286. The van der Waals surface area contributed by atoms with Crippen LogP contribution in [0.15, 0.2) is 36.4 Å². The Bertz CT molecular complexity index is 496. The number of hydrogen-bond donors (Lipinski definition) is 4. The summed E-state index contributed by atoms with van der Waals surface area (Å²) in [4.78, 5) is 22.8. The number of ketones is 1. The second-order valence-corrected chi connectivity index (χ2v) is 4.44. The van der Waals surface area contributed by atoms with Gasteiger partial charge in [-0.15, -0.1) is 0 Å². The number of allylic oxidation sites excluding steroid dienone is 1. The summed E-state index contributed by atoms with van der Waals surface area (Å²) in [6.07, 6.45) is -1.03. The number of aliphatic hydroxyl groups is 1. The van der Waals surface area contributed by atoms with E-state index in [1.54, 1.807) is 6.92 Å².